The minimum absolute atomic E-state index is 0. The number of rotatable bonds is 9. The first-order valence-corrected chi connectivity index (χ1v) is 9.58. The number of hydrogen-bond acceptors (Lipinski definition) is 3. The fourth-order valence-electron chi connectivity index (χ4n) is 2.71. The zero-order chi connectivity index (χ0) is 21.3. The molecule has 0 spiro atoms. The number of ether oxygens (including phenoxy) is 1. The quantitative estimate of drug-likeness (QED) is 0.217. The molecule has 0 fully saturated rings. The average molecular weight is 539 g/mol. The number of nitrogens with one attached hydrogen (secondary N) is 2. The van der Waals surface area contributed by atoms with Gasteiger partial charge < -0.3 is 15.4 Å². The summed E-state index contributed by atoms with van der Waals surface area (Å²) in [5, 5.41) is 10.9. The topological polar surface area (TPSA) is 63.5 Å². The molecule has 2 aromatic rings. The standard InChI is InChI=1S/C20H28F3N5O.HI/c1-4-24-19(25-10-5-11-28-16(3)12-15(2)27-28)26-13-17-6-8-18(9-7-17)29-14-20(21,22)23;/h6-9,12H,4-5,10-11,13-14H2,1-3H3,(H2,24,25,26);1H. The lowest BCUT2D eigenvalue weighted by molar-refractivity contribution is -0.153. The van der Waals surface area contributed by atoms with Gasteiger partial charge in [-0.05, 0) is 51.0 Å². The van der Waals surface area contributed by atoms with E-state index in [1.165, 1.54) is 12.1 Å². The van der Waals surface area contributed by atoms with Crippen molar-refractivity contribution in [3.05, 3.63) is 47.3 Å². The van der Waals surface area contributed by atoms with Crippen LogP contribution in [0.3, 0.4) is 0 Å². The Balaban J connectivity index is 0.00000450. The highest BCUT2D eigenvalue weighted by Crippen LogP contribution is 2.19. The number of aryl methyl sites for hydroxylation is 3. The molecule has 1 aromatic heterocycles. The zero-order valence-electron chi connectivity index (χ0n) is 17.4. The number of nitrogens with zero attached hydrogens (tertiary/aromatic N) is 3. The first-order valence-electron chi connectivity index (χ1n) is 9.58. The van der Waals surface area contributed by atoms with Crippen LogP contribution in [0, 0.1) is 13.8 Å². The van der Waals surface area contributed by atoms with Crippen molar-refractivity contribution in [2.24, 2.45) is 4.99 Å². The van der Waals surface area contributed by atoms with E-state index in [2.05, 4.69) is 26.8 Å². The molecule has 0 unspecified atom stereocenters. The minimum Gasteiger partial charge on any atom is -0.484 e. The molecule has 0 saturated heterocycles. The zero-order valence-corrected chi connectivity index (χ0v) is 19.8. The van der Waals surface area contributed by atoms with E-state index in [1.54, 1.807) is 12.1 Å². The van der Waals surface area contributed by atoms with Gasteiger partial charge in [-0.1, -0.05) is 12.1 Å². The fraction of sp³-hybridized carbons (Fsp3) is 0.500. The fourth-order valence-corrected chi connectivity index (χ4v) is 2.71. The summed E-state index contributed by atoms with van der Waals surface area (Å²) in [6.07, 6.45) is -3.44. The summed E-state index contributed by atoms with van der Waals surface area (Å²) in [5.41, 5.74) is 3.04. The van der Waals surface area contributed by atoms with Gasteiger partial charge in [-0.2, -0.15) is 18.3 Å². The largest absolute Gasteiger partial charge is 0.484 e. The first kappa shape index (κ1) is 26.1. The smallest absolute Gasteiger partial charge is 0.422 e. The second-order valence-electron chi connectivity index (χ2n) is 6.67. The van der Waals surface area contributed by atoms with Gasteiger partial charge in [0.2, 0.25) is 0 Å². The van der Waals surface area contributed by atoms with Crippen LogP contribution in [0.25, 0.3) is 0 Å². The van der Waals surface area contributed by atoms with Crippen LogP contribution < -0.4 is 15.4 Å². The number of aromatic nitrogens is 2. The molecule has 0 amide bonds. The van der Waals surface area contributed by atoms with Gasteiger partial charge in [-0.15, -0.1) is 24.0 Å². The molecule has 0 aliphatic heterocycles. The molecule has 0 aliphatic rings. The van der Waals surface area contributed by atoms with Gasteiger partial charge in [0, 0.05) is 25.3 Å². The number of guanidine groups is 1. The normalized spacial score (nSPS) is 11.7. The van der Waals surface area contributed by atoms with Crippen molar-refractivity contribution < 1.29 is 17.9 Å². The Morgan fingerprint density at radius 1 is 1.17 bits per heavy atom. The lowest BCUT2D eigenvalue weighted by Crippen LogP contribution is -2.38. The van der Waals surface area contributed by atoms with Crippen molar-refractivity contribution in [1.82, 2.24) is 20.4 Å². The second-order valence-corrected chi connectivity index (χ2v) is 6.67. The van der Waals surface area contributed by atoms with E-state index in [1.807, 2.05) is 25.5 Å². The molecule has 10 heteroatoms. The van der Waals surface area contributed by atoms with Gasteiger partial charge in [-0.25, -0.2) is 4.99 Å². The SMILES string of the molecule is CCNC(=NCc1ccc(OCC(F)(F)F)cc1)NCCCn1nc(C)cc1C.I. The molecule has 168 valence electrons. The van der Waals surface area contributed by atoms with Crippen molar-refractivity contribution >= 4 is 29.9 Å². The highest BCUT2D eigenvalue weighted by Gasteiger charge is 2.28. The second kappa shape index (κ2) is 12.7. The van der Waals surface area contributed by atoms with Crippen LogP contribution in [0.2, 0.25) is 0 Å². The van der Waals surface area contributed by atoms with E-state index < -0.39 is 12.8 Å². The van der Waals surface area contributed by atoms with Crippen LogP contribution in [-0.2, 0) is 13.1 Å². The molecule has 0 bridgehead atoms. The monoisotopic (exact) mass is 539 g/mol. The van der Waals surface area contributed by atoms with Crippen molar-refractivity contribution in [1.29, 1.82) is 0 Å². The number of alkyl halides is 3. The lowest BCUT2D eigenvalue weighted by Gasteiger charge is -2.12. The Hall–Kier alpha value is -1.98. The third-order valence-corrected chi connectivity index (χ3v) is 4.03. The summed E-state index contributed by atoms with van der Waals surface area (Å²) < 4.78 is 43.3. The van der Waals surface area contributed by atoms with Crippen LogP contribution in [0.1, 0.15) is 30.3 Å². The predicted molar refractivity (Wildman–Crippen MR) is 123 cm³/mol. The molecule has 0 atom stereocenters. The van der Waals surface area contributed by atoms with E-state index in [-0.39, 0.29) is 29.7 Å². The number of benzene rings is 1. The van der Waals surface area contributed by atoms with E-state index in [0.29, 0.717) is 12.5 Å². The molecule has 0 radical (unpaired) electrons. The maximum atomic E-state index is 12.2. The Bertz CT molecular complexity index is 791. The van der Waals surface area contributed by atoms with Gasteiger partial charge in [0.1, 0.15) is 5.75 Å². The Kier molecular flexibility index (Phi) is 11.0. The van der Waals surface area contributed by atoms with Gasteiger partial charge in [0.05, 0.1) is 12.2 Å². The predicted octanol–water partition coefficient (Wildman–Crippen LogP) is 4.20. The van der Waals surface area contributed by atoms with Gasteiger partial charge in [-0.3, -0.25) is 4.68 Å². The van der Waals surface area contributed by atoms with Crippen LogP contribution in [0.4, 0.5) is 13.2 Å². The van der Waals surface area contributed by atoms with Crippen LogP contribution in [0.5, 0.6) is 5.75 Å². The Labute approximate surface area is 192 Å². The average Bonchev–Trinajstić information content (AvgIpc) is 2.98. The maximum absolute atomic E-state index is 12.2. The van der Waals surface area contributed by atoms with Crippen molar-refractivity contribution in [2.45, 2.75) is 46.5 Å². The summed E-state index contributed by atoms with van der Waals surface area (Å²) in [5.74, 6) is 0.877. The third-order valence-electron chi connectivity index (χ3n) is 4.03. The molecular weight excluding hydrogens is 510 g/mol. The molecule has 0 saturated carbocycles. The molecule has 30 heavy (non-hydrogen) atoms. The molecular formula is C20H29F3IN5O. The van der Waals surface area contributed by atoms with Gasteiger partial charge >= 0.3 is 6.18 Å². The number of aliphatic imine (C=N–C) groups is 1. The molecule has 1 heterocycles. The van der Waals surface area contributed by atoms with E-state index in [0.717, 1.165) is 43.0 Å². The van der Waals surface area contributed by atoms with Crippen molar-refractivity contribution in [3.8, 4) is 5.75 Å². The summed E-state index contributed by atoms with van der Waals surface area (Å²) in [4.78, 5) is 4.52. The highest BCUT2D eigenvalue weighted by molar-refractivity contribution is 14.0. The van der Waals surface area contributed by atoms with E-state index >= 15 is 0 Å². The number of halogens is 4. The van der Waals surface area contributed by atoms with Crippen LogP contribution in [-0.4, -0.2) is 41.6 Å². The van der Waals surface area contributed by atoms with Gasteiger partial charge in [0.25, 0.3) is 0 Å². The summed E-state index contributed by atoms with van der Waals surface area (Å²) in [6.45, 7) is 7.42. The summed E-state index contributed by atoms with van der Waals surface area (Å²) in [6, 6.07) is 8.51. The van der Waals surface area contributed by atoms with Gasteiger partial charge in [0.15, 0.2) is 12.6 Å². The Morgan fingerprint density at radius 3 is 2.43 bits per heavy atom. The van der Waals surface area contributed by atoms with Crippen molar-refractivity contribution in [3.63, 3.8) is 0 Å². The lowest BCUT2D eigenvalue weighted by atomic mass is 10.2. The summed E-state index contributed by atoms with van der Waals surface area (Å²) >= 11 is 0. The summed E-state index contributed by atoms with van der Waals surface area (Å²) in [7, 11) is 0. The third kappa shape index (κ3) is 9.68. The minimum atomic E-state index is -4.34. The molecule has 2 rings (SSSR count). The van der Waals surface area contributed by atoms with E-state index in [9.17, 15) is 13.2 Å². The molecule has 6 nitrogen and oxygen atoms in total. The Morgan fingerprint density at radius 2 is 1.87 bits per heavy atom. The van der Waals surface area contributed by atoms with Crippen molar-refractivity contribution in [2.75, 3.05) is 19.7 Å². The highest BCUT2D eigenvalue weighted by atomic mass is 127. The van der Waals surface area contributed by atoms with E-state index in [4.69, 9.17) is 4.74 Å². The number of hydrogen-bond donors (Lipinski definition) is 2. The van der Waals surface area contributed by atoms with Crippen LogP contribution >= 0.6 is 24.0 Å². The molecule has 1 aromatic carbocycles. The molecule has 2 N–H and O–H groups in total. The first-order chi connectivity index (χ1) is 13.8. The maximum Gasteiger partial charge on any atom is 0.422 e. The van der Waals surface area contributed by atoms with Crippen LogP contribution in [0.15, 0.2) is 35.3 Å². The molecule has 0 aliphatic carbocycles.